The van der Waals surface area contributed by atoms with Crippen LogP contribution in [0.2, 0.25) is 0 Å². The van der Waals surface area contributed by atoms with Crippen LogP contribution in [0.4, 0.5) is 13.6 Å². The van der Waals surface area contributed by atoms with Gasteiger partial charge in [0.15, 0.2) is 6.04 Å². The second kappa shape index (κ2) is 10.4. The van der Waals surface area contributed by atoms with Gasteiger partial charge in [-0.1, -0.05) is 30.3 Å². The third-order valence-electron chi connectivity index (χ3n) is 4.09. The molecule has 0 heterocycles. The van der Waals surface area contributed by atoms with Crippen molar-refractivity contribution in [3.05, 3.63) is 65.7 Å². The molecule has 0 aliphatic heterocycles. The SMILES string of the molecule is CCNC(=O)NC(=O)[C@@H](c1ccccc1)[NH+](C)Cc1ccc(OC(F)F)cc1. The zero-order valence-electron chi connectivity index (χ0n) is 15.7. The molecule has 3 N–H and O–H groups in total. The van der Waals surface area contributed by atoms with Gasteiger partial charge >= 0.3 is 12.6 Å². The first-order valence-electron chi connectivity index (χ1n) is 8.90. The number of urea groups is 1. The van der Waals surface area contributed by atoms with Crippen LogP contribution in [0.3, 0.4) is 0 Å². The Balaban J connectivity index is 2.15. The lowest BCUT2D eigenvalue weighted by atomic mass is 10.0. The number of imide groups is 1. The topological polar surface area (TPSA) is 71.9 Å². The van der Waals surface area contributed by atoms with Crippen LogP contribution in [-0.4, -0.2) is 32.1 Å². The Morgan fingerprint density at radius 3 is 2.29 bits per heavy atom. The minimum Gasteiger partial charge on any atom is -0.435 e. The van der Waals surface area contributed by atoms with Gasteiger partial charge in [-0.25, -0.2) is 4.79 Å². The van der Waals surface area contributed by atoms with Crippen LogP contribution in [0, 0.1) is 0 Å². The lowest BCUT2D eigenvalue weighted by Crippen LogP contribution is -3.09. The van der Waals surface area contributed by atoms with Gasteiger partial charge in [-0.05, 0) is 31.2 Å². The summed E-state index contributed by atoms with van der Waals surface area (Å²) in [6.07, 6.45) is 0. The van der Waals surface area contributed by atoms with E-state index < -0.39 is 24.6 Å². The summed E-state index contributed by atoms with van der Waals surface area (Å²) < 4.78 is 28.9. The van der Waals surface area contributed by atoms with Crippen molar-refractivity contribution >= 4 is 11.9 Å². The zero-order chi connectivity index (χ0) is 20.5. The summed E-state index contributed by atoms with van der Waals surface area (Å²) in [4.78, 5) is 25.3. The lowest BCUT2D eigenvalue weighted by molar-refractivity contribution is -0.916. The fraction of sp³-hybridized carbons (Fsp3) is 0.300. The number of nitrogens with one attached hydrogen (secondary N) is 3. The first-order valence-corrected chi connectivity index (χ1v) is 8.90. The van der Waals surface area contributed by atoms with E-state index in [1.54, 1.807) is 19.1 Å². The van der Waals surface area contributed by atoms with Crippen molar-refractivity contribution in [2.45, 2.75) is 26.1 Å². The van der Waals surface area contributed by atoms with Crippen molar-refractivity contribution in [1.82, 2.24) is 10.6 Å². The van der Waals surface area contributed by atoms with E-state index in [1.165, 1.54) is 12.1 Å². The van der Waals surface area contributed by atoms with Crippen molar-refractivity contribution in [1.29, 1.82) is 0 Å². The van der Waals surface area contributed by atoms with Crippen molar-refractivity contribution in [2.24, 2.45) is 0 Å². The molecule has 2 aromatic carbocycles. The summed E-state index contributed by atoms with van der Waals surface area (Å²) in [7, 11) is 1.83. The first-order chi connectivity index (χ1) is 13.4. The fourth-order valence-electron chi connectivity index (χ4n) is 2.91. The Hall–Kier alpha value is -3.00. The summed E-state index contributed by atoms with van der Waals surface area (Å²) in [6.45, 7) is -0.265. The maximum Gasteiger partial charge on any atom is 0.387 e. The molecule has 0 aliphatic rings. The van der Waals surface area contributed by atoms with Gasteiger partial charge in [0.25, 0.3) is 5.91 Å². The van der Waals surface area contributed by atoms with Crippen molar-refractivity contribution < 1.29 is 28.0 Å². The average Bonchev–Trinajstić information content (AvgIpc) is 2.64. The molecule has 6 nitrogen and oxygen atoms in total. The maximum atomic E-state index is 12.7. The zero-order valence-corrected chi connectivity index (χ0v) is 15.7. The molecule has 0 radical (unpaired) electrons. The van der Waals surface area contributed by atoms with Gasteiger partial charge < -0.3 is 15.0 Å². The smallest absolute Gasteiger partial charge is 0.387 e. The molecule has 8 heteroatoms. The molecule has 1 unspecified atom stereocenters. The second-order valence-electron chi connectivity index (χ2n) is 6.24. The number of carbonyl (C=O) groups excluding carboxylic acids is 2. The van der Waals surface area contributed by atoms with E-state index in [9.17, 15) is 18.4 Å². The summed E-state index contributed by atoms with van der Waals surface area (Å²) in [5, 5.41) is 4.90. The van der Waals surface area contributed by atoms with Crippen LogP contribution >= 0.6 is 0 Å². The van der Waals surface area contributed by atoms with E-state index in [-0.39, 0.29) is 5.75 Å². The Morgan fingerprint density at radius 1 is 1.07 bits per heavy atom. The molecule has 3 amide bonds. The normalized spacial score (nSPS) is 12.9. The van der Waals surface area contributed by atoms with Crippen molar-refractivity contribution in [2.75, 3.05) is 13.6 Å². The van der Waals surface area contributed by atoms with Gasteiger partial charge in [0.05, 0.1) is 7.05 Å². The maximum absolute atomic E-state index is 12.7. The van der Waals surface area contributed by atoms with Crippen LogP contribution in [0.25, 0.3) is 0 Å². The van der Waals surface area contributed by atoms with Crippen LogP contribution in [-0.2, 0) is 11.3 Å². The lowest BCUT2D eigenvalue weighted by Gasteiger charge is -2.24. The Bertz CT molecular complexity index is 770. The summed E-state index contributed by atoms with van der Waals surface area (Å²) in [6, 6.07) is 14.2. The minimum atomic E-state index is -2.88. The standard InChI is InChI=1S/C20H23F2N3O3/c1-3-23-20(27)24-18(26)17(15-7-5-4-6-8-15)25(2)13-14-9-11-16(12-10-14)28-19(21)22/h4-12,17,19H,3,13H2,1-2H3,(H2,23,24,26,27)/p+1/t17-/m1/s1. The number of benzene rings is 2. The summed E-state index contributed by atoms with van der Waals surface area (Å²) in [5.74, 6) is -0.350. The molecule has 0 saturated carbocycles. The van der Waals surface area contributed by atoms with Gasteiger partial charge in [-0.2, -0.15) is 8.78 Å². The number of halogens is 2. The predicted octanol–water partition coefficient (Wildman–Crippen LogP) is 1.89. The number of likely N-dealkylation sites (N-methyl/N-ethyl adjacent to an activating group) is 1. The molecule has 28 heavy (non-hydrogen) atoms. The minimum absolute atomic E-state index is 0.0741. The van der Waals surface area contributed by atoms with Gasteiger partial charge in [-0.15, -0.1) is 0 Å². The largest absolute Gasteiger partial charge is 0.435 e. The number of rotatable bonds is 8. The highest BCUT2D eigenvalue weighted by molar-refractivity contribution is 5.96. The molecule has 2 aromatic rings. The predicted molar refractivity (Wildman–Crippen MR) is 100 cm³/mol. The molecular formula is C20H24F2N3O3+. The van der Waals surface area contributed by atoms with Crippen LogP contribution in [0.15, 0.2) is 54.6 Å². The number of alkyl halides is 2. The highest BCUT2D eigenvalue weighted by Crippen LogP contribution is 2.15. The average molecular weight is 392 g/mol. The quantitative estimate of drug-likeness (QED) is 0.643. The Morgan fingerprint density at radius 2 is 1.71 bits per heavy atom. The monoisotopic (exact) mass is 392 g/mol. The van der Waals surface area contributed by atoms with E-state index in [0.29, 0.717) is 13.1 Å². The molecule has 0 bridgehead atoms. The van der Waals surface area contributed by atoms with Gasteiger partial charge in [-0.3, -0.25) is 10.1 Å². The second-order valence-corrected chi connectivity index (χ2v) is 6.24. The molecule has 0 spiro atoms. The van der Waals surface area contributed by atoms with E-state index in [1.807, 2.05) is 37.4 Å². The van der Waals surface area contributed by atoms with E-state index in [2.05, 4.69) is 15.4 Å². The molecule has 0 aliphatic carbocycles. The van der Waals surface area contributed by atoms with Crippen LogP contribution in [0.1, 0.15) is 24.1 Å². The van der Waals surface area contributed by atoms with Gasteiger partial charge in [0, 0.05) is 17.7 Å². The molecule has 2 atom stereocenters. The van der Waals surface area contributed by atoms with Gasteiger partial charge in [0.1, 0.15) is 12.3 Å². The number of carbonyl (C=O) groups is 2. The van der Waals surface area contributed by atoms with Crippen molar-refractivity contribution in [3.8, 4) is 5.75 Å². The molecule has 150 valence electrons. The van der Waals surface area contributed by atoms with Crippen LogP contribution in [0.5, 0.6) is 5.75 Å². The number of quaternary nitrogens is 1. The molecule has 0 saturated heterocycles. The molecule has 2 rings (SSSR count). The summed E-state index contributed by atoms with van der Waals surface area (Å²) in [5.41, 5.74) is 1.60. The van der Waals surface area contributed by atoms with E-state index in [0.717, 1.165) is 16.0 Å². The number of hydrogen-bond donors (Lipinski definition) is 3. The van der Waals surface area contributed by atoms with Crippen LogP contribution < -0.4 is 20.3 Å². The summed E-state index contributed by atoms with van der Waals surface area (Å²) >= 11 is 0. The number of hydrogen-bond acceptors (Lipinski definition) is 3. The molecule has 0 fully saturated rings. The van der Waals surface area contributed by atoms with Crippen molar-refractivity contribution in [3.63, 3.8) is 0 Å². The third-order valence-corrected chi connectivity index (χ3v) is 4.09. The number of ether oxygens (including phenoxy) is 1. The highest BCUT2D eigenvalue weighted by atomic mass is 19.3. The Labute approximate surface area is 162 Å². The van der Waals surface area contributed by atoms with Gasteiger partial charge in [0.2, 0.25) is 0 Å². The molecular weight excluding hydrogens is 368 g/mol. The first kappa shape index (κ1) is 21.3. The number of amides is 3. The van der Waals surface area contributed by atoms with E-state index in [4.69, 9.17) is 0 Å². The third kappa shape index (κ3) is 6.31. The Kier molecular flexibility index (Phi) is 7.88. The van der Waals surface area contributed by atoms with E-state index >= 15 is 0 Å². The highest BCUT2D eigenvalue weighted by Gasteiger charge is 2.30. The molecule has 0 aromatic heterocycles. The fourth-order valence-corrected chi connectivity index (χ4v) is 2.91.